The van der Waals surface area contributed by atoms with Crippen molar-refractivity contribution in [2.24, 2.45) is 0 Å². The molecule has 0 aliphatic heterocycles. The zero-order valence-electron chi connectivity index (χ0n) is 14.0. The van der Waals surface area contributed by atoms with E-state index < -0.39 is 5.95 Å². The lowest BCUT2D eigenvalue weighted by Gasteiger charge is -2.29. The average Bonchev–Trinajstić information content (AvgIpc) is 2.28. The van der Waals surface area contributed by atoms with Crippen LogP contribution in [0.2, 0.25) is 0 Å². The van der Waals surface area contributed by atoms with E-state index in [1.807, 2.05) is 6.92 Å². The summed E-state index contributed by atoms with van der Waals surface area (Å²) in [5.41, 5.74) is 2.87. The highest BCUT2D eigenvalue weighted by molar-refractivity contribution is 5.51. The molecule has 4 heteroatoms. The molecule has 0 bridgehead atoms. The smallest absolute Gasteiger partial charge is 0.430 e. The van der Waals surface area contributed by atoms with Gasteiger partial charge in [-0.25, -0.2) is 0 Å². The van der Waals surface area contributed by atoms with Gasteiger partial charge in [0, 0.05) is 11.1 Å². The lowest BCUT2D eigenvalue weighted by molar-refractivity contribution is 0.202. The van der Waals surface area contributed by atoms with Gasteiger partial charge in [0.2, 0.25) is 5.39 Å². The number of hydrogen-bond acceptors (Lipinski definition) is 3. The number of ether oxygens (including phenoxy) is 1. The van der Waals surface area contributed by atoms with Crippen molar-refractivity contribution in [1.82, 2.24) is 0 Å². The van der Waals surface area contributed by atoms with Crippen LogP contribution < -0.4 is 4.74 Å². The van der Waals surface area contributed by atoms with E-state index in [0.717, 1.165) is 22.9 Å². The number of aliphatic hydroxyl groups is 1. The molecule has 114 valence electrons. The van der Waals surface area contributed by atoms with Crippen molar-refractivity contribution in [3.05, 3.63) is 45.9 Å². The Morgan fingerprint density at radius 3 is 1.86 bits per heavy atom. The minimum atomic E-state index is -0.433. The molecular formula is C17H25N2O2+. The summed E-state index contributed by atoms with van der Waals surface area (Å²) in [6.07, 6.45) is 0.874. The van der Waals surface area contributed by atoms with Gasteiger partial charge in [-0.05, 0) is 17.8 Å². The Kier molecular flexibility index (Phi) is 4.68. The fourth-order valence-electron chi connectivity index (χ4n) is 2.18. The summed E-state index contributed by atoms with van der Waals surface area (Å²) in [5.74, 6) is 0.190. The topological polar surface area (TPSA) is 57.6 Å². The first-order chi connectivity index (χ1) is 9.46. The lowest BCUT2D eigenvalue weighted by Crippen LogP contribution is -2.20. The minimum Gasteiger partial charge on any atom is -0.475 e. The van der Waals surface area contributed by atoms with Gasteiger partial charge in [-0.1, -0.05) is 59.2 Å². The Balaban J connectivity index is 3.62. The van der Waals surface area contributed by atoms with E-state index in [9.17, 15) is 5.11 Å². The van der Waals surface area contributed by atoms with Gasteiger partial charge in [0.15, 0.2) is 4.98 Å². The molecule has 1 aromatic rings. The van der Waals surface area contributed by atoms with E-state index >= 15 is 0 Å². The largest absolute Gasteiger partial charge is 0.475 e. The number of diazo groups is 1. The van der Waals surface area contributed by atoms with E-state index in [1.165, 1.54) is 0 Å². The third-order valence-corrected chi connectivity index (χ3v) is 3.22. The van der Waals surface area contributed by atoms with Gasteiger partial charge >= 0.3 is 12.1 Å². The van der Waals surface area contributed by atoms with E-state index in [2.05, 4.69) is 58.7 Å². The summed E-state index contributed by atoms with van der Waals surface area (Å²) in [5, 5.41) is 18.3. The molecule has 0 aliphatic carbocycles. The molecule has 0 unspecified atom stereocenters. The summed E-state index contributed by atoms with van der Waals surface area (Å²) in [7, 11) is 0. The van der Waals surface area contributed by atoms with E-state index in [1.54, 1.807) is 0 Å². The fraction of sp³-hybridized carbons (Fsp3) is 0.529. The number of rotatable bonds is 2. The highest BCUT2D eigenvalue weighted by atomic mass is 16.6. The summed E-state index contributed by atoms with van der Waals surface area (Å²) in [4.78, 5) is 2.80. The second-order valence-corrected chi connectivity index (χ2v) is 7.37. The number of aliphatic hydroxyl groups excluding tert-OH is 1. The second-order valence-electron chi connectivity index (χ2n) is 7.37. The van der Waals surface area contributed by atoms with Gasteiger partial charge in [0.25, 0.3) is 0 Å². The van der Waals surface area contributed by atoms with Crippen molar-refractivity contribution in [2.75, 3.05) is 0 Å². The number of nitrogens with zero attached hydrogens (tertiary/aromatic N) is 2. The molecule has 0 aromatic heterocycles. The van der Waals surface area contributed by atoms with Gasteiger partial charge in [0.1, 0.15) is 5.75 Å². The van der Waals surface area contributed by atoms with Crippen LogP contribution >= 0.6 is 0 Å². The molecule has 0 heterocycles. The molecular weight excluding hydrogens is 264 g/mol. The molecule has 0 fully saturated rings. The predicted octanol–water partition coefficient (Wildman–Crippen LogP) is 5.18. The zero-order chi connectivity index (χ0) is 16.4. The third-order valence-electron chi connectivity index (χ3n) is 3.22. The van der Waals surface area contributed by atoms with Crippen molar-refractivity contribution in [1.29, 1.82) is 5.39 Å². The Hall–Kier alpha value is -2.02. The van der Waals surface area contributed by atoms with Crippen LogP contribution in [0.3, 0.4) is 0 Å². The fourth-order valence-corrected chi connectivity index (χ4v) is 2.18. The number of aryl methyl sites for hydroxylation is 1. The molecule has 1 aromatic carbocycles. The van der Waals surface area contributed by atoms with E-state index in [4.69, 9.17) is 10.1 Å². The van der Waals surface area contributed by atoms with Crippen molar-refractivity contribution >= 4 is 0 Å². The maximum atomic E-state index is 9.74. The molecule has 0 saturated carbocycles. The molecule has 0 spiro atoms. The van der Waals surface area contributed by atoms with Gasteiger partial charge < -0.3 is 9.84 Å². The standard InChI is InChI=1S/C17H24N2O2/c1-11-8-12(16(2,3)4)15(21-14(20)10-19-18)13(9-11)17(5,6)7/h8-10H,1-7H3/p+1. The first kappa shape index (κ1) is 17.0. The molecule has 1 N–H and O–H groups in total. The Bertz CT molecular complexity index is 562. The van der Waals surface area contributed by atoms with Crippen molar-refractivity contribution in [2.45, 2.75) is 59.3 Å². The summed E-state index contributed by atoms with van der Waals surface area (Å²) < 4.78 is 5.59. The maximum Gasteiger partial charge on any atom is 0.430 e. The Morgan fingerprint density at radius 2 is 1.52 bits per heavy atom. The van der Waals surface area contributed by atoms with Gasteiger partial charge in [-0.3, -0.25) is 0 Å². The van der Waals surface area contributed by atoms with Crippen molar-refractivity contribution in [3.8, 4) is 5.75 Å². The van der Waals surface area contributed by atoms with Crippen LogP contribution in [0.15, 0.2) is 24.3 Å². The minimum absolute atomic E-state index is 0.141. The van der Waals surface area contributed by atoms with Crippen LogP contribution in [0.4, 0.5) is 0 Å². The van der Waals surface area contributed by atoms with Crippen LogP contribution in [0.1, 0.15) is 58.2 Å². The van der Waals surface area contributed by atoms with Crippen LogP contribution in [0, 0.1) is 12.3 Å². The van der Waals surface area contributed by atoms with E-state index in [0.29, 0.717) is 5.75 Å². The Morgan fingerprint density at radius 1 is 1.10 bits per heavy atom. The van der Waals surface area contributed by atoms with Crippen LogP contribution in [0.25, 0.3) is 4.98 Å². The molecule has 0 amide bonds. The lowest BCUT2D eigenvalue weighted by atomic mass is 9.78. The average molecular weight is 289 g/mol. The molecule has 0 saturated heterocycles. The highest BCUT2D eigenvalue weighted by Gasteiger charge is 2.28. The molecule has 0 radical (unpaired) electrons. The molecule has 0 aliphatic rings. The van der Waals surface area contributed by atoms with Crippen molar-refractivity contribution < 1.29 is 9.84 Å². The van der Waals surface area contributed by atoms with E-state index in [-0.39, 0.29) is 10.8 Å². The van der Waals surface area contributed by atoms with Crippen LogP contribution in [-0.2, 0) is 10.8 Å². The van der Waals surface area contributed by atoms with Crippen LogP contribution in [0.5, 0.6) is 5.75 Å². The first-order valence-electron chi connectivity index (χ1n) is 7.03. The molecule has 0 atom stereocenters. The summed E-state index contributed by atoms with van der Waals surface area (Å²) in [6.45, 7) is 14.6. The number of hydrogen-bond donors (Lipinski definition) is 1. The normalized spacial score (nSPS) is 13.0. The quantitative estimate of drug-likeness (QED) is 0.603. The predicted molar refractivity (Wildman–Crippen MR) is 85.0 cm³/mol. The molecule has 4 nitrogen and oxygen atoms in total. The molecule has 1 rings (SSSR count). The zero-order valence-corrected chi connectivity index (χ0v) is 14.0. The monoisotopic (exact) mass is 289 g/mol. The third kappa shape index (κ3) is 4.22. The SMILES string of the molecule is Cc1cc(C(C)(C)C)c(OC(O)=C[N+]#N)c(C(C)(C)C)c1. The van der Waals surface area contributed by atoms with Gasteiger partial charge in [-0.15, -0.1) is 0 Å². The van der Waals surface area contributed by atoms with Crippen molar-refractivity contribution in [3.63, 3.8) is 0 Å². The first-order valence-corrected chi connectivity index (χ1v) is 7.03. The summed E-state index contributed by atoms with van der Waals surface area (Å²) in [6, 6.07) is 4.13. The molecule has 21 heavy (non-hydrogen) atoms. The van der Waals surface area contributed by atoms with Gasteiger partial charge in [0.05, 0.1) is 0 Å². The summed E-state index contributed by atoms with van der Waals surface area (Å²) >= 11 is 0. The second kappa shape index (κ2) is 5.77. The Labute approximate surface area is 127 Å². The van der Waals surface area contributed by atoms with Crippen LogP contribution in [-0.4, -0.2) is 5.11 Å². The highest BCUT2D eigenvalue weighted by Crippen LogP contribution is 2.41. The number of benzene rings is 1. The maximum absolute atomic E-state index is 9.74. The van der Waals surface area contributed by atoms with Gasteiger partial charge in [-0.2, -0.15) is 0 Å².